The Kier molecular flexibility index (Phi) is 5.46. The summed E-state index contributed by atoms with van der Waals surface area (Å²) in [6, 6.07) is 12.0. The van der Waals surface area contributed by atoms with Crippen molar-refractivity contribution in [1.29, 1.82) is 5.26 Å². The predicted molar refractivity (Wildman–Crippen MR) is 104 cm³/mol. The van der Waals surface area contributed by atoms with E-state index in [-0.39, 0.29) is 12.4 Å². The number of esters is 1. The number of hydrogen-bond acceptors (Lipinski definition) is 5. The van der Waals surface area contributed by atoms with Crippen LogP contribution in [0.1, 0.15) is 55.1 Å². The number of anilines is 1. The lowest BCUT2D eigenvalue weighted by Gasteiger charge is -2.19. The van der Waals surface area contributed by atoms with Crippen LogP contribution in [0.3, 0.4) is 0 Å². The van der Waals surface area contributed by atoms with E-state index in [2.05, 4.69) is 16.4 Å². The number of fused-ring (bicyclic) bond motifs is 1. The molecule has 5 heteroatoms. The molecule has 0 aliphatic heterocycles. The lowest BCUT2D eigenvalue weighted by atomic mass is 10.1. The van der Waals surface area contributed by atoms with E-state index in [1.807, 2.05) is 51.1 Å². The first-order valence-electron chi connectivity index (χ1n) is 9.30. The Labute approximate surface area is 160 Å². The molecule has 1 aromatic carbocycles. The lowest BCUT2D eigenvalue weighted by molar-refractivity contribution is -0.153. The number of rotatable bonds is 5. The van der Waals surface area contributed by atoms with Crippen molar-refractivity contribution < 1.29 is 9.53 Å². The topological polar surface area (TPSA) is 75.0 Å². The molecular weight excluding hydrogens is 338 g/mol. The van der Waals surface area contributed by atoms with Crippen LogP contribution in [0.4, 0.5) is 5.82 Å². The molecule has 0 amide bonds. The number of aromatic nitrogens is 1. The molecule has 0 saturated heterocycles. The highest BCUT2D eigenvalue weighted by Gasteiger charge is 2.17. The molecule has 0 unspecified atom stereocenters. The third kappa shape index (κ3) is 5.07. The molecule has 0 fully saturated rings. The summed E-state index contributed by atoms with van der Waals surface area (Å²) in [7, 11) is 0. The minimum absolute atomic E-state index is 0.236. The zero-order valence-electron chi connectivity index (χ0n) is 16.1. The third-order valence-electron chi connectivity index (χ3n) is 4.39. The maximum atomic E-state index is 12.0. The quantitative estimate of drug-likeness (QED) is 0.815. The fraction of sp³-hybridized carbons (Fsp3) is 0.409. The Balaban J connectivity index is 1.67. The summed E-state index contributed by atoms with van der Waals surface area (Å²) in [5, 5.41) is 12.7. The third-order valence-corrected chi connectivity index (χ3v) is 4.39. The van der Waals surface area contributed by atoms with Gasteiger partial charge in [0.05, 0.1) is 12.0 Å². The smallest absolute Gasteiger partial charge is 0.310 e. The standard InChI is InChI=1S/C22H25N3O2/c1-22(2,3)27-20(26)11-15-6-4-7-16(10-15)14-24-21-18(13-23)12-17-8-5-9-19(17)25-21/h4,6-7,10,12H,5,8-9,11,14H2,1-3H3,(H,24,25). The van der Waals surface area contributed by atoms with Crippen molar-refractivity contribution >= 4 is 11.8 Å². The molecule has 3 rings (SSSR count). The van der Waals surface area contributed by atoms with Crippen LogP contribution >= 0.6 is 0 Å². The maximum Gasteiger partial charge on any atom is 0.310 e. The van der Waals surface area contributed by atoms with Crippen molar-refractivity contribution in [3.8, 4) is 6.07 Å². The normalized spacial score (nSPS) is 13.0. The molecule has 27 heavy (non-hydrogen) atoms. The number of ether oxygens (including phenoxy) is 1. The second kappa shape index (κ2) is 7.79. The van der Waals surface area contributed by atoms with Crippen molar-refractivity contribution in [3.63, 3.8) is 0 Å². The monoisotopic (exact) mass is 363 g/mol. The summed E-state index contributed by atoms with van der Waals surface area (Å²) >= 11 is 0. The number of benzene rings is 1. The molecule has 1 aliphatic carbocycles. The highest BCUT2D eigenvalue weighted by atomic mass is 16.6. The minimum atomic E-state index is -0.483. The van der Waals surface area contributed by atoms with E-state index in [4.69, 9.17) is 4.74 Å². The molecule has 1 heterocycles. The zero-order valence-corrected chi connectivity index (χ0v) is 16.1. The lowest BCUT2D eigenvalue weighted by Crippen LogP contribution is -2.24. The van der Waals surface area contributed by atoms with Crippen molar-refractivity contribution in [3.05, 3.63) is 58.3 Å². The van der Waals surface area contributed by atoms with Gasteiger partial charge in [0.2, 0.25) is 0 Å². The van der Waals surface area contributed by atoms with Gasteiger partial charge in [-0.05, 0) is 62.8 Å². The molecule has 1 N–H and O–H groups in total. The van der Waals surface area contributed by atoms with E-state index in [1.165, 1.54) is 5.56 Å². The van der Waals surface area contributed by atoms with Gasteiger partial charge in [0.25, 0.3) is 0 Å². The number of nitriles is 1. The second-order valence-electron chi connectivity index (χ2n) is 7.89. The largest absolute Gasteiger partial charge is 0.460 e. The van der Waals surface area contributed by atoms with Crippen LogP contribution in [-0.2, 0) is 35.3 Å². The van der Waals surface area contributed by atoms with Crippen LogP contribution in [0.25, 0.3) is 0 Å². The van der Waals surface area contributed by atoms with E-state index in [9.17, 15) is 10.1 Å². The SMILES string of the molecule is CC(C)(C)OC(=O)Cc1cccc(CNc2nc3c(cc2C#N)CCC3)c1. The summed E-state index contributed by atoms with van der Waals surface area (Å²) < 4.78 is 5.38. The zero-order chi connectivity index (χ0) is 19.4. The molecule has 0 bridgehead atoms. The van der Waals surface area contributed by atoms with E-state index >= 15 is 0 Å². The number of nitrogens with one attached hydrogen (secondary N) is 1. The maximum absolute atomic E-state index is 12.0. The summed E-state index contributed by atoms with van der Waals surface area (Å²) in [4.78, 5) is 16.7. The number of hydrogen-bond donors (Lipinski definition) is 1. The number of carbonyl (C=O) groups is 1. The molecule has 5 nitrogen and oxygen atoms in total. The van der Waals surface area contributed by atoms with Crippen LogP contribution in [-0.4, -0.2) is 16.6 Å². The Morgan fingerprint density at radius 1 is 1.26 bits per heavy atom. The second-order valence-corrected chi connectivity index (χ2v) is 7.89. The molecule has 140 valence electrons. The Bertz CT molecular complexity index is 891. The average Bonchev–Trinajstić information content (AvgIpc) is 3.04. The highest BCUT2D eigenvalue weighted by Crippen LogP contribution is 2.25. The Morgan fingerprint density at radius 3 is 2.78 bits per heavy atom. The average molecular weight is 363 g/mol. The first kappa shape index (κ1) is 18.9. The van der Waals surface area contributed by atoms with Gasteiger partial charge in [-0.3, -0.25) is 4.79 Å². The van der Waals surface area contributed by atoms with Crippen LogP contribution in [0.5, 0.6) is 0 Å². The van der Waals surface area contributed by atoms with Gasteiger partial charge in [-0.1, -0.05) is 24.3 Å². The van der Waals surface area contributed by atoms with Crippen molar-refractivity contribution in [2.45, 2.75) is 58.6 Å². The predicted octanol–water partition coefficient (Wildman–Crippen LogP) is 3.94. The summed E-state index contributed by atoms with van der Waals surface area (Å²) in [6.45, 7) is 6.13. The van der Waals surface area contributed by atoms with E-state index in [0.29, 0.717) is 17.9 Å². The van der Waals surface area contributed by atoms with E-state index < -0.39 is 5.60 Å². The number of aryl methyl sites for hydroxylation is 2. The van der Waals surface area contributed by atoms with E-state index in [0.717, 1.165) is 36.1 Å². The molecule has 1 aromatic heterocycles. The van der Waals surface area contributed by atoms with Crippen molar-refractivity contribution in [2.75, 3.05) is 5.32 Å². The number of pyridine rings is 1. The van der Waals surface area contributed by atoms with Crippen LogP contribution in [0.15, 0.2) is 30.3 Å². The summed E-state index contributed by atoms with van der Waals surface area (Å²) in [5.41, 5.74) is 4.32. The first-order chi connectivity index (χ1) is 12.8. The van der Waals surface area contributed by atoms with Gasteiger partial charge in [-0.2, -0.15) is 5.26 Å². The molecule has 0 radical (unpaired) electrons. The fourth-order valence-corrected chi connectivity index (χ4v) is 3.27. The molecule has 2 aromatic rings. The van der Waals surface area contributed by atoms with Gasteiger partial charge in [-0.15, -0.1) is 0 Å². The van der Waals surface area contributed by atoms with Gasteiger partial charge in [0.15, 0.2) is 0 Å². The van der Waals surface area contributed by atoms with E-state index in [1.54, 1.807) is 0 Å². The van der Waals surface area contributed by atoms with Crippen LogP contribution < -0.4 is 5.32 Å². The number of nitrogens with zero attached hydrogens (tertiary/aromatic N) is 2. The van der Waals surface area contributed by atoms with Gasteiger partial charge < -0.3 is 10.1 Å². The van der Waals surface area contributed by atoms with Crippen LogP contribution in [0.2, 0.25) is 0 Å². The molecule has 0 atom stereocenters. The molecular formula is C22H25N3O2. The van der Waals surface area contributed by atoms with Crippen molar-refractivity contribution in [2.24, 2.45) is 0 Å². The summed E-state index contributed by atoms with van der Waals surface area (Å²) in [5.74, 6) is 0.398. The molecule has 1 aliphatic rings. The van der Waals surface area contributed by atoms with Crippen LogP contribution in [0, 0.1) is 11.3 Å². The fourth-order valence-electron chi connectivity index (χ4n) is 3.27. The highest BCUT2D eigenvalue weighted by molar-refractivity contribution is 5.73. The summed E-state index contributed by atoms with van der Waals surface area (Å²) in [6.07, 6.45) is 3.32. The number of carbonyl (C=O) groups excluding carboxylic acids is 1. The van der Waals surface area contributed by atoms with Gasteiger partial charge in [0, 0.05) is 12.2 Å². The molecule has 0 saturated carbocycles. The van der Waals surface area contributed by atoms with Gasteiger partial charge >= 0.3 is 5.97 Å². The first-order valence-corrected chi connectivity index (χ1v) is 9.30. The van der Waals surface area contributed by atoms with Gasteiger partial charge in [-0.25, -0.2) is 4.98 Å². The molecule has 0 spiro atoms. The van der Waals surface area contributed by atoms with Gasteiger partial charge in [0.1, 0.15) is 17.5 Å². The van der Waals surface area contributed by atoms with Crippen molar-refractivity contribution in [1.82, 2.24) is 4.98 Å². The Morgan fingerprint density at radius 2 is 2.04 bits per heavy atom. The minimum Gasteiger partial charge on any atom is -0.460 e. The Hall–Kier alpha value is -2.87.